The lowest BCUT2D eigenvalue weighted by Gasteiger charge is -1.99. The van der Waals surface area contributed by atoms with Gasteiger partial charge in [0.2, 0.25) is 0 Å². The Morgan fingerprint density at radius 1 is 1.70 bits per heavy atom. The van der Waals surface area contributed by atoms with Gasteiger partial charge in [0.1, 0.15) is 5.82 Å². The first kappa shape index (κ1) is 7.55. The molecule has 0 bridgehead atoms. The van der Waals surface area contributed by atoms with Crippen molar-refractivity contribution in [3.63, 3.8) is 0 Å². The van der Waals surface area contributed by atoms with Crippen LogP contribution in [0.3, 0.4) is 0 Å². The summed E-state index contributed by atoms with van der Waals surface area (Å²) in [6, 6.07) is 5.57. The molecule has 0 fully saturated rings. The molecule has 1 aromatic carbocycles. The van der Waals surface area contributed by atoms with E-state index in [1.54, 1.807) is 0 Å². The third-order valence-corrected chi connectivity index (χ3v) is 1.68. The fourth-order valence-corrected chi connectivity index (χ4v) is 1.09. The predicted octanol–water partition coefficient (Wildman–Crippen LogP) is 2.84. The van der Waals surface area contributed by atoms with Gasteiger partial charge in [-0.15, -0.1) is 0 Å². The van der Waals surface area contributed by atoms with Gasteiger partial charge in [0, 0.05) is 11.6 Å². The smallest absolute Gasteiger partial charge is 0.127 e. The van der Waals surface area contributed by atoms with Crippen LogP contribution in [0.25, 0.3) is 0 Å². The van der Waals surface area contributed by atoms with Crippen LogP contribution >= 0.6 is 11.6 Å². The van der Waals surface area contributed by atoms with E-state index < -0.39 is 0 Å². The summed E-state index contributed by atoms with van der Waals surface area (Å²) in [6.45, 7) is 1.86. The van der Waals surface area contributed by atoms with E-state index in [-0.39, 0.29) is 5.82 Å². The second kappa shape index (κ2) is 3.02. The molecule has 53 valence electrons. The Kier molecular flexibility index (Phi) is 2.28. The Labute approximate surface area is 64.6 Å². The molecule has 10 heavy (non-hydrogen) atoms. The number of halogens is 2. The van der Waals surface area contributed by atoms with Crippen molar-refractivity contribution in [2.45, 2.75) is 13.3 Å². The fourth-order valence-electron chi connectivity index (χ4n) is 0.805. The second-order valence-corrected chi connectivity index (χ2v) is 2.35. The minimum Gasteiger partial charge on any atom is -0.207 e. The zero-order valence-corrected chi connectivity index (χ0v) is 6.37. The molecular weight excluding hydrogens is 151 g/mol. The highest BCUT2D eigenvalue weighted by atomic mass is 35.5. The molecule has 0 aromatic heterocycles. The lowest BCUT2D eigenvalue weighted by atomic mass is 10.1. The van der Waals surface area contributed by atoms with E-state index in [0.29, 0.717) is 17.0 Å². The zero-order chi connectivity index (χ0) is 7.56. The lowest BCUT2D eigenvalue weighted by molar-refractivity contribution is 0.612. The van der Waals surface area contributed by atoms with E-state index in [1.807, 2.05) is 6.92 Å². The summed E-state index contributed by atoms with van der Waals surface area (Å²) < 4.78 is 12.7. The molecule has 0 saturated carbocycles. The molecule has 0 atom stereocenters. The molecule has 1 rings (SSSR count). The van der Waals surface area contributed by atoms with Crippen molar-refractivity contribution in [3.05, 3.63) is 34.6 Å². The maximum Gasteiger partial charge on any atom is 0.127 e. The van der Waals surface area contributed by atoms with Crippen molar-refractivity contribution in [1.29, 1.82) is 0 Å². The summed E-state index contributed by atoms with van der Waals surface area (Å²) in [7, 11) is 0. The Balaban J connectivity index is 3.17. The maximum atomic E-state index is 12.7. The third-order valence-electron chi connectivity index (χ3n) is 1.35. The maximum absolute atomic E-state index is 12.7. The first-order valence-corrected chi connectivity index (χ1v) is 3.48. The van der Waals surface area contributed by atoms with Crippen molar-refractivity contribution in [1.82, 2.24) is 0 Å². The van der Waals surface area contributed by atoms with Crippen LogP contribution in [0.1, 0.15) is 12.5 Å². The van der Waals surface area contributed by atoms with Crippen molar-refractivity contribution < 1.29 is 4.39 Å². The fraction of sp³-hybridized carbons (Fsp3) is 0.250. The van der Waals surface area contributed by atoms with Crippen LogP contribution in [-0.2, 0) is 6.42 Å². The third kappa shape index (κ3) is 1.29. The number of hydrogen-bond donors (Lipinski definition) is 0. The molecule has 0 aliphatic heterocycles. The van der Waals surface area contributed by atoms with Crippen LogP contribution in [0.4, 0.5) is 4.39 Å². The van der Waals surface area contributed by atoms with E-state index in [4.69, 9.17) is 11.6 Å². The van der Waals surface area contributed by atoms with E-state index in [9.17, 15) is 4.39 Å². The number of hydrogen-bond acceptors (Lipinski definition) is 0. The van der Waals surface area contributed by atoms with Gasteiger partial charge in [0.15, 0.2) is 0 Å². The minimum atomic E-state index is -0.244. The van der Waals surface area contributed by atoms with Crippen LogP contribution in [-0.4, -0.2) is 0 Å². The van der Waals surface area contributed by atoms with Crippen LogP contribution in [0.5, 0.6) is 0 Å². The van der Waals surface area contributed by atoms with Crippen molar-refractivity contribution in [2.75, 3.05) is 0 Å². The molecule has 0 nitrogen and oxygen atoms in total. The summed E-state index contributed by atoms with van der Waals surface area (Å²) in [4.78, 5) is 0. The van der Waals surface area contributed by atoms with E-state index >= 15 is 0 Å². The summed E-state index contributed by atoms with van der Waals surface area (Å²) in [6.07, 6.45) is 0.613. The van der Waals surface area contributed by atoms with Gasteiger partial charge in [-0.25, -0.2) is 4.39 Å². The van der Waals surface area contributed by atoms with Gasteiger partial charge in [0.25, 0.3) is 0 Å². The quantitative estimate of drug-likeness (QED) is 0.588. The van der Waals surface area contributed by atoms with Gasteiger partial charge in [-0.05, 0) is 18.6 Å². The van der Waals surface area contributed by atoms with Crippen LogP contribution in [0.2, 0.25) is 5.02 Å². The standard InChI is InChI=1S/C8H7ClF/c1-2-6-7(9)4-3-5-8(6)10/h3,5H,2H2,1H3. The molecule has 1 radical (unpaired) electrons. The first-order chi connectivity index (χ1) is 4.75. The summed E-state index contributed by atoms with van der Waals surface area (Å²) in [5, 5.41) is 0.391. The largest absolute Gasteiger partial charge is 0.207 e. The molecule has 0 unspecified atom stereocenters. The topological polar surface area (TPSA) is 0 Å². The lowest BCUT2D eigenvalue weighted by Crippen LogP contribution is -1.87. The normalized spacial score (nSPS) is 9.90. The van der Waals surface area contributed by atoms with Crippen molar-refractivity contribution in [2.24, 2.45) is 0 Å². The Hall–Kier alpha value is -0.560. The summed E-state index contributed by atoms with van der Waals surface area (Å²) in [5.41, 5.74) is 0.546. The number of rotatable bonds is 1. The van der Waals surface area contributed by atoms with Gasteiger partial charge in [-0.3, -0.25) is 0 Å². The summed E-state index contributed by atoms with van der Waals surface area (Å²) >= 11 is 5.63. The molecule has 0 N–H and O–H groups in total. The average Bonchev–Trinajstić information content (AvgIpc) is 1.88. The van der Waals surface area contributed by atoms with Crippen molar-refractivity contribution in [3.8, 4) is 0 Å². The minimum absolute atomic E-state index is 0.244. The van der Waals surface area contributed by atoms with E-state index in [1.165, 1.54) is 12.1 Å². The molecule has 0 saturated heterocycles. The zero-order valence-electron chi connectivity index (χ0n) is 5.62. The molecule has 0 heterocycles. The van der Waals surface area contributed by atoms with Gasteiger partial charge < -0.3 is 0 Å². The van der Waals surface area contributed by atoms with Crippen molar-refractivity contribution >= 4 is 11.6 Å². The highest BCUT2D eigenvalue weighted by Gasteiger charge is 2.02. The Morgan fingerprint density at radius 3 is 2.80 bits per heavy atom. The molecular formula is C8H7ClF. The highest BCUT2D eigenvalue weighted by molar-refractivity contribution is 6.31. The van der Waals surface area contributed by atoms with Gasteiger partial charge in [-0.1, -0.05) is 18.5 Å². The molecule has 0 amide bonds. The highest BCUT2D eigenvalue weighted by Crippen LogP contribution is 2.17. The van der Waals surface area contributed by atoms with E-state index in [0.717, 1.165) is 0 Å². The Morgan fingerprint density at radius 2 is 2.40 bits per heavy atom. The molecule has 1 aromatic rings. The molecule has 0 aliphatic carbocycles. The first-order valence-electron chi connectivity index (χ1n) is 3.10. The Bertz CT molecular complexity index is 212. The molecule has 0 spiro atoms. The van der Waals surface area contributed by atoms with Crippen LogP contribution < -0.4 is 0 Å². The van der Waals surface area contributed by atoms with Crippen LogP contribution in [0, 0.1) is 11.9 Å². The summed E-state index contributed by atoms with van der Waals surface area (Å²) in [5.74, 6) is -0.244. The van der Waals surface area contributed by atoms with Gasteiger partial charge >= 0.3 is 0 Å². The second-order valence-electron chi connectivity index (χ2n) is 1.97. The van der Waals surface area contributed by atoms with Crippen LogP contribution in [0.15, 0.2) is 12.1 Å². The SMILES string of the molecule is CCc1c(Cl)[c]ccc1F. The predicted molar refractivity (Wildman–Crippen MR) is 39.6 cm³/mol. The number of benzene rings is 1. The van der Waals surface area contributed by atoms with Gasteiger partial charge in [-0.2, -0.15) is 0 Å². The molecule has 2 heteroatoms. The van der Waals surface area contributed by atoms with Gasteiger partial charge in [0.05, 0.1) is 5.02 Å². The monoisotopic (exact) mass is 157 g/mol. The molecule has 0 aliphatic rings. The average molecular weight is 158 g/mol. The van der Waals surface area contributed by atoms with E-state index in [2.05, 4.69) is 6.07 Å².